The number of ether oxygens (including phenoxy) is 3. The fourth-order valence-corrected chi connectivity index (χ4v) is 5.13. The van der Waals surface area contributed by atoms with Gasteiger partial charge in [0.1, 0.15) is 5.75 Å². The third kappa shape index (κ3) is 4.92. The van der Waals surface area contributed by atoms with E-state index in [0.717, 1.165) is 0 Å². The lowest BCUT2D eigenvalue weighted by Gasteiger charge is -2.25. The van der Waals surface area contributed by atoms with Crippen LogP contribution >= 0.6 is 11.3 Å². The van der Waals surface area contributed by atoms with Crippen LogP contribution in [0, 0.1) is 0 Å². The summed E-state index contributed by atoms with van der Waals surface area (Å²) in [6.45, 7) is 7.49. The zero-order valence-electron chi connectivity index (χ0n) is 20.8. The monoisotopic (exact) mass is 508 g/mol. The van der Waals surface area contributed by atoms with Crippen molar-refractivity contribution in [3.63, 3.8) is 0 Å². The molecule has 3 aromatic rings. The van der Waals surface area contributed by atoms with E-state index in [-0.39, 0.29) is 29.6 Å². The number of thiazole rings is 1. The second kappa shape index (κ2) is 10.4. The molecule has 2 aromatic carbocycles. The van der Waals surface area contributed by atoms with Crippen LogP contribution in [-0.4, -0.2) is 35.5 Å². The van der Waals surface area contributed by atoms with Gasteiger partial charge >= 0.3 is 5.97 Å². The van der Waals surface area contributed by atoms with Crippen LogP contribution < -0.4 is 24.4 Å². The van der Waals surface area contributed by atoms with Gasteiger partial charge in [0.25, 0.3) is 5.56 Å². The van der Waals surface area contributed by atoms with Crippen molar-refractivity contribution in [2.24, 2.45) is 4.99 Å². The van der Waals surface area contributed by atoms with Gasteiger partial charge < -0.3 is 19.3 Å². The number of phenols is 1. The summed E-state index contributed by atoms with van der Waals surface area (Å²) in [7, 11) is 1.54. The molecule has 4 rings (SSSR count). The van der Waals surface area contributed by atoms with Gasteiger partial charge in [-0.1, -0.05) is 29.5 Å². The number of benzene rings is 2. The molecule has 9 heteroatoms. The molecule has 0 radical (unpaired) electrons. The maximum absolute atomic E-state index is 13.7. The first-order valence-electron chi connectivity index (χ1n) is 11.6. The van der Waals surface area contributed by atoms with Gasteiger partial charge in [-0.25, -0.2) is 9.79 Å². The van der Waals surface area contributed by atoms with Gasteiger partial charge in [0.05, 0.1) is 41.7 Å². The van der Waals surface area contributed by atoms with E-state index < -0.39 is 12.0 Å². The molecule has 1 N–H and O–H groups in total. The fraction of sp³-hybridized carbons (Fsp3) is 0.296. The zero-order valence-corrected chi connectivity index (χ0v) is 21.6. The lowest BCUT2D eigenvalue weighted by molar-refractivity contribution is -0.139. The molecule has 1 aliphatic rings. The Bertz CT molecular complexity index is 1520. The topological polar surface area (TPSA) is 99.4 Å². The van der Waals surface area contributed by atoms with Crippen molar-refractivity contribution in [2.75, 3.05) is 13.7 Å². The van der Waals surface area contributed by atoms with Crippen molar-refractivity contribution in [3.05, 3.63) is 84.5 Å². The smallest absolute Gasteiger partial charge is 0.338 e. The second-order valence-corrected chi connectivity index (χ2v) is 9.48. The molecule has 0 unspecified atom stereocenters. The molecule has 0 saturated carbocycles. The molecule has 188 valence electrons. The highest BCUT2D eigenvalue weighted by Gasteiger charge is 2.34. The quantitative estimate of drug-likeness (QED) is 0.492. The number of hydrogen-bond acceptors (Lipinski definition) is 8. The lowest BCUT2D eigenvalue weighted by Crippen LogP contribution is -2.40. The summed E-state index contributed by atoms with van der Waals surface area (Å²) >= 11 is 1.22. The Kier molecular flexibility index (Phi) is 7.30. The van der Waals surface area contributed by atoms with Crippen LogP contribution in [0.5, 0.6) is 17.2 Å². The number of methoxy groups -OCH3 is 1. The van der Waals surface area contributed by atoms with Gasteiger partial charge in [-0.05, 0) is 69.2 Å². The molecular weight excluding hydrogens is 480 g/mol. The molecule has 36 heavy (non-hydrogen) atoms. The molecule has 0 aliphatic carbocycles. The average molecular weight is 509 g/mol. The number of phenolic OH excluding ortho intramolecular Hbond substituents is 1. The standard InChI is InChI=1S/C27H28N2O6S/c1-6-34-26(32)23-16(4)28-27-29(25(31)22(36-27)13-17-8-7-9-19(30)12-17)24(23)18-10-11-20(35-15(2)3)21(14-18)33-5/h7-15,24,30H,6H2,1-5H3/b22-13-/t24-/m0/s1. The fourth-order valence-electron chi connectivity index (χ4n) is 4.08. The summed E-state index contributed by atoms with van der Waals surface area (Å²) in [5.41, 5.74) is 1.79. The summed E-state index contributed by atoms with van der Waals surface area (Å²) < 4.78 is 18.7. The number of nitrogens with zero attached hydrogens (tertiary/aromatic N) is 2. The van der Waals surface area contributed by atoms with Crippen LogP contribution in [0.25, 0.3) is 6.08 Å². The minimum absolute atomic E-state index is 0.0583. The number of aromatic nitrogens is 1. The molecule has 8 nitrogen and oxygen atoms in total. The van der Waals surface area contributed by atoms with E-state index in [9.17, 15) is 14.7 Å². The highest BCUT2D eigenvalue weighted by atomic mass is 32.1. The van der Waals surface area contributed by atoms with Crippen LogP contribution in [0.2, 0.25) is 0 Å². The third-order valence-corrected chi connectivity index (χ3v) is 6.53. The van der Waals surface area contributed by atoms with Gasteiger partial charge in [-0.15, -0.1) is 0 Å². The van der Waals surface area contributed by atoms with Gasteiger partial charge in [0.15, 0.2) is 16.3 Å². The van der Waals surface area contributed by atoms with Crippen LogP contribution in [0.4, 0.5) is 0 Å². The maximum atomic E-state index is 13.7. The van der Waals surface area contributed by atoms with E-state index in [1.165, 1.54) is 15.9 Å². The molecule has 1 atom stereocenters. The van der Waals surface area contributed by atoms with Gasteiger partial charge in [-0.3, -0.25) is 9.36 Å². The number of esters is 1. The Morgan fingerprint density at radius 3 is 2.67 bits per heavy atom. The Morgan fingerprint density at radius 1 is 1.22 bits per heavy atom. The highest BCUT2D eigenvalue weighted by Crippen LogP contribution is 2.36. The Hall–Kier alpha value is -3.85. The van der Waals surface area contributed by atoms with Crippen molar-refractivity contribution < 1.29 is 24.1 Å². The summed E-state index contributed by atoms with van der Waals surface area (Å²) in [5, 5.41) is 9.82. The van der Waals surface area contributed by atoms with Crippen LogP contribution in [-0.2, 0) is 9.53 Å². The molecule has 1 aromatic heterocycles. The van der Waals surface area contributed by atoms with E-state index in [0.29, 0.717) is 37.7 Å². The summed E-state index contributed by atoms with van der Waals surface area (Å²) in [5.74, 6) is 0.616. The molecule has 2 heterocycles. The van der Waals surface area contributed by atoms with Gasteiger partial charge in [0.2, 0.25) is 0 Å². The number of carbonyl (C=O) groups excluding carboxylic acids is 1. The summed E-state index contributed by atoms with van der Waals surface area (Å²) in [4.78, 5) is 31.8. The van der Waals surface area contributed by atoms with Crippen molar-refractivity contribution in [2.45, 2.75) is 39.8 Å². The summed E-state index contributed by atoms with van der Waals surface area (Å²) in [6.07, 6.45) is 1.64. The van der Waals surface area contributed by atoms with Crippen LogP contribution in [0.3, 0.4) is 0 Å². The first-order chi connectivity index (χ1) is 17.2. The predicted molar refractivity (Wildman–Crippen MR) is 137 cm³/mol. The molecule has 0 amide bonds. The van der Waals surface area contributed by atoms with E-state index in [2.05, 4.69) is 4.99 Å². The number of aromatic hydroxyl groups is 1. The third-order valence-electron chi connectivity index (χ3n) is 5.55. The Morgan fingerprint density at radius 2 is 2.00 bits per heavy atom. The molecule has 0 bridgehead atoms. The first kappa shape index (κ1) is 25.2. The summed E-state index contributed by atoms with van der Waals surface area (Å²) in [6, 6.07) is 11.2. The second-order valence-electron chi connectivity index (χ2n) is 8.47. The number of rotatable bonds is 7. The number of hydrogen-bond donors (Lipinski definition) is 1. The molecule has 0 fully saturated rings. The van der Waals surface area contributed by atoms with E-state index in [1.807, 2.05) is 19.9 Å². The Balaban J connectivity index is 1.95. The predicted octanol–water partition coefficient (Wildman–Crippen LogP) is 3.30. The lowest BCUT2D eigenvalue weighted by atomic mass is 9.95. The maximum Gasteiger partial charge on any atom is 0.338 e. The molecule has 0 spiro atoms. The average Bonchev–Trinajstić information content (AvgIpc) is 3.12. The number of fused-ring (bicyclic) bond motifs is 1. The molecule has 1 aliphatic heterocycles. The minimum Gasteiger partial charge on any atom is -0.508 e. The minimum atomic E-state index is -0.770. The van der Waals surface area contributed by atoms with Crippen molar-refractivity contribution in [1.29, 1.82) is 0 Å². The SMILES string of the molecule is CCOC(=O)C1=C(C)N=c2s/c(=C\c3cccc(O)c3)c(=O)n2[C@H]1c1ccc(OC(C)C)c(OC)c1. The first-order valence-corrected chi connectivity index (χ1v) is 12.4. The van der Waals surface area contributed by atoms with E-state index >= 15 is 0 Å². The molecule has 0 saturated heterocycles. The number of carbonyl (C=O) groups is 1. The van der Waals surface area contributed by atoms with Crippen LogP contribution in [0.1, 0.15) is 44.9 Å². The Labute approximate surface area is 212 Å². The zero-order chi connectivity index (χ0) is 26.0. The van der Waals surface area contributed by atoms with Crippen LogP contribution in [0.15, 0.2) is 63.5 Å². The number of allylic oxidation sites excluding steroid dienone is 1. The van der Waals surface area contributed by atoms with E-state index in [1.54, 1.807) is 63.4 Å². The van der Waals surface area contributed by atoms with Gasteiger partial charge in [0, 0.05) is 0 Å². The van der Waals surface area contributed by atoms with Crippen molar-refractivity contribution in [3.8, 4) is 17.2 Å². The largest absolute Gasteiger partial charge is 0.508 e. The van der Waals surface area contributed by atoms with Crippen molar-refractivity contribution in [1.82, 2.24) is 4.57 Å². The molecular formula is C27H28N2O6S. The highest BCUT2D eigenvalue weighted by molar-refractivity contribution is 7.07. The normalized spacial score (nSPS) is 15.5. The van der Waals surface area contributed by atoms with Gasteiger partial charge in [-0.2, -0.15) is 0 Å². The van der Waals surface area contributed by atoms with Crippen molar-refractivity contribution >= 4 is 23.4 Å². The van der Waals surface area contributed by atoms with E-state index in [4.69, 9.17) is 14.2 Å².